The largest absolute Gasteiger partial charge is 0.417 e. The van der Waals surface area contributed by atoms with E-state index in [2.05, 4.69) is 33.9 Å². The predicted octanol–water partition coefficient (Wildman–Crippen LogP) is 3.91. The topological polar surface area (TPSA) is 12.0 Å². The zero-order valence-corrected chi connectivity index (χ0v) is 9.68. The minimum atomic E-state index is -4.59. The molecule has 1 aromatic rings. The van der Waals surface area contributed by atoms with E-state index in [0.29, 0.717) is 0 Å². The van der Waals surface area contributed by atoms with Crippen molar-refractivity contribution in [1.29, 1.82) is 0 Å². The normalized spacial score (nSPS) is 11.6. The first kappa shape index (κ1) is 12.6. The highest BCUT2D eigenvalue weighted by Gasteiger charge is 2.34. The summed E-state index contributed by atoms with van der Waals surface area (Å²) in [6.45, 7) is 0. The molecule has 1 rings (SSSR count). The Balaban J connectivity index is 3.25. The lowest BCUT2D eigenvalue weighted by molar-refractivity contribution is -0.138. The number of hydrogen-bond donors (Lipinski definition) is 2. The number of anilines is 1. The first-order chi connectivity index (χ1) is 6.86. The monoisotopic (exact) mass is 303 g/mol. The molecule has 0 saturated carbocycles. The second-order valence-electron chi connectivity index (χ2n) is 2.65. The first-order valence-corrected chi connectivity index (χ1v) is 5.19. The van der Waals surface area contributed by atoms with Crippen LogP contribution >= 0.6 is 28.6 Å². The summed E-state index contributed by atoms with van der Waals surface area (Å²) in [4.78, 5) is 0. The zero-order chi connectivity index (χ0) is 11.6. The highest BCUT2D eigenvalue weighted by atomic mass is 79.9. The molecule has 1 aromatic carbocycles. The van der Waals surface area contributed by atoms with Crippen molar-refractivity contribution >= 4 is 34.2 Å². The maximum atomic E-state index is 13.1. The molecule has 0 aromatic heterocycles. The van der Waals surface area contributed by atoms with Crippen molar-refractivity contribution in [3.63, 3.8) is 0 Å². The molecule has 0 radical (unpaired) electrons. The van der Waals surface area contributed by atoms with Gasteiger partial charge in [-0.1, -0.05) is 0 Å². The molecule has 0 aliphatic heterocycles. The summed E-state index contributed by atoms with van der Waals surface area (Å²) < 4.78 is 49.7. The van der Waals surface area contributed by atoms with Crippen LogP contribution < -0.4 is 5.32 Å². The lowest BCUT2D eigenvalue weighted by Crippen LogP contribution is -2.08. The van der Waals surface area contributed by atoms with Crippen molar-refractivity contribution in [2.24, 2.45) is 0 Å². The van der Waals surface area contributed by atoms with E-state index < -0.39 is 22.0 Å². The van der Waals surface area contributed by atoms with Gasteiger partial charge in [0.25, 0.3) is 0 Å². The van der Waals surface area contributed by atoms with Gasteiger partial charge in [0, 0.05) is 5.69 Å². The number of rotatable bonds is 2. The van der Waals surface area contributed by atoms with Gasteiger partial charge >= 0.3 is 6.18 Å². The van der Waals surface area contributed by atoms with Crippen LogP contribution in [-0.4, -0.2) is 5.88 Å². The summed E-state index contributed by atoms with van der Waals surface area (Å²) in [5, 5.41) is 2.49. The van der Waals surface area contributed by atoms with E-state index in [4.69, 9.17) is 0 Å². The third-order valence-corrected chi connectivity index (χ3v) is 2.58. The molecule has 0 saturated heterocycles. The quantitative estimate of drug-likeness (QED) is 0.480. The van der Waals surface area contributed by atoms with Crippen LogP contribution in [0.15, 0.2) is 16.6 Å². The average Bonchev–Trinajstić information content (AvgIpc) is 2.09. The van der Waals surface area contributed by atoms with Crippen LogP contribution in [0.2, 0.25) is 0 Å². The van der Waals surface area contributed by atoms with Gasteiger partial charge in [-0.3, -0.25) is 0 Å². The SMILES string of the molecule is Fc1cc(NCS)cc(C(F)(F)F)c1Br. The van der Waals surface area contributed by atoms with Gasteiger partial charge in [-0.25, -0.2) is 4.39 Å². The van der Waals surface area contributed by atoms with Crippen molar-refractivity contribution < 1.29 is 17.6 Å². The third kappa shape index (κ3) is 3.01. The maximum absolute atomic E-state index is 13.1. The van der Waals surface area contributed by atoms with E-state index in [1.54, 1.807) is 0 Å². The van der Waals surface area contributed by atoms with Gasteiger partial charge in [0.05, 0.1) is 15.9 Å². The number of alkyl halides is 3. The van der Waals surface area contributed by atoms with Crippen LogP contribution in [0.3, 0.4) is 0 Å². The Morgan fingerprint density at radius 1 is 1.33 bits per heavy atom. The Kier molecular flexibility index (Phi) is 3.88. The van der Waals surface area contributed by atoms with E-state index >= 15 is 0 Å². The van der Waals surface area contributed by atoms with E-state index in [1.807, 2.05) is 0 Å². The van der Waals surface area contributed by atoms with Crippen molar-refractivity contribution in [1.82, 2.24) is 0 Å². The zero-order valence-electron chi connectivity index (χ0n) is 7.20. The van der Waals surface area contributed by atoms with Gasteiger partial charge < -0.3 is 5.32 Å². The van der Waals surface area contributed by atoms with E-state index in [9.17, 15) is 17.6 Å². The Morgan fingerprint density at radius 3 is 2.40 bits per heavy atom. The van der Waals surface area contributed by atoms with Crippen LogP contribution in [0.4, 0.5) is 23.2 Å². The number of thiol groups is 1. The molecule has 0 aliphatic carbocycles. The van der Waals surface area contributed by atoms with Crippen molar-refractivity contribution in [3.8, 4) is 0 Å². The molecule has 1 nitrogen and oxygen atoms in total. The number of nitrogens with one attached hydrogen (secondary N) is 1. The standard InChI is InChI=1S/C8H6BrF4NS/c9-7-5(8(11,12)13)1-4(14-3-15)2-6(7)10/h1-2,14-15H,3H2. The van der Waals surface area contributed by atoms with E-state index in [1.165, 1.54) is 0 Å². The summed E-state index contributed by atoms with van der Waals surface area (Å²) >= 11 is 6.33. The molecule has 0 heterocycles. The van der Waals surface area contributed by atoms with Gasteiger partial charge in [-0.15, -0.1) is 0 Å². The Hall–Kier alpha value is -0.430. The minimum Gasteiger partial charge on any atom is -0.376 e. The van der Waals surface area contributed by atoms with E-state index in [0.717, 1.165) is 12.1 Å². The smallest absolute Gasteiger partial charge is 0.376 e. The number of benzene rings is 1. The molecule has 1 N–H and O–H groups in total. The summed E-state index contributed by atoms with van der Waals surface area (Å²) in [6, 6.07) is 1.79. The fourth-order valence-corrected chi connectivity index (χ4v) is 1.62. The predicted molar refractivity (Wildman–Crippen MR) is 56.6 cm³/mol. The van der Waals surface area contributed by atoms with E-state index in [-0.39, 0.29) is 11.6 Å². The summed E-state index contributed by atoms with van der Waals surface area (Å²) in [5.74, 6) is -0.840. The van der Waals surface area contributed by atoms with Gasteiger partial charge in [0.1, 0.15) is 5.82 Å². The molecule has 0 aliphatic rings. The number of hydrogen-bond acceptors (Lipinski definition) is 2. The van der Waals surface area contributed by atoms with Crippen LogP contribution in [0, 0.1) is 5.82 Å². The maximum Gasteiger partial charge on any atom is 0.417 e. The molecule has 0 amide bonds. The third-order valence-electron chi connectivity index (χ3n) is 1.62. The highest BCUT2D eigenvalue weighted by Crippen LogP contribution is 2.37. The Morgan fingerprint density at radius 2 is 1.93 bits per heavy atom. The Labute approximate surface area is 97.4 Å². The molecule has 84 valence electrons. The van der Waals surface area contributed by atoms with Crippen LogP contribution in [0.25, 0.3) is 0 Å². The van der Waals surface area contributed by atoms with Crippen LogP contribution in [-0.2, 0) is 6.18 Å². The lowest BCUT2D eigenvalue weighted by Gasteiger charge is -2.12. The van der Waals surface area contributed by atoms with Gasteiger partial charge in [0.15, 0.2) is 0 Å². The fraction of sp³-hybridized carbons (Fsp3) is 0.250. The molecular weight excluding hydrogens is 298 g/mol. The average molecular weight is 304 g/mol. The number of halogens is 5. The molecule has 0 atom stereocenters. The second kappa shape index (κ2) is 4.61. The molecule has 0 bridgehead atoms. The second-order valence-corrected chi connectivity index (χ2v) is 3.76. The molecular formula is C8H6BrF4NS. The molecule has 0 spiro atoms. The van der Waals surface area contributed by atoms with Crippen LogP contribution in [0.1, 0.15) is 5.56 Å². The minimum absolute atomic E-state index is 0.0398. The molecule has 15 heavy (non-hydrogen) atoms. The first-order valence-electron chi connectivity index (χ1n) is 3.77. The highest BCUT2D eigenvalue weighted by molar-refractivity contribution is 9.10. The Bertz CT molecular complexity index is 366. The van der Waals surface area contributed by atoms with Crippen molar-refractivity contribution in [3.05, 3.63) is 28.0 Å². The van der Waals surface area contributed by atoms with Gasteiger partial charge in [-0.05, 0) is 28.1 Å². The fourth-order valence-electron chi connectivity index (χ4n) is 0.989. The van der Waals surface area contributed by atoms with Gasteiger partial charge in [0.2, 0.25) is 0 Å². The summed E-state index contributed by atoms with van der Waals surface area (Å²) in [7, 11) is 0. The molecule has 7 heteroatoms. The summed E-state index contributed by atoms with van der Waals surface area (Å²) in [6.07, 6.45) is -4.59. The van der Waals surface area contributed by atoms with Crippen molar-refractivity contribution in [2.75, 3.05) is 11.2 Å². The lowest BCUT2D eigenvalue weighted by atomic mass is 10.2. The molecule has 0 unspecified atom stereocenters. The van der Waals surface area contributed by atoms with Crippen LogP contribution in [0.5, 0.6) is 0 Å². The molecule has 0 fully saturated rings. The van der Waals surface area contributed by atoms with Gasteiger partial charge in [-0.2, -0.15) is 25.8 Å². The summed E-state index contributed by atoms with van der Waals surface area (Å²) in [5.41, 5.74) is -1.01. The van der Waals surface area contributed by atoms with Crippen molar-refractivity contribution in [2.45, 2.75) is 6.18 Å².